The topological polar surface area (TPSA) is 110 Å². The highest BCUT2D eigenvalue weighted by Crippen LogP contribution is 2.29. The Morgan fingerprint density at radius 3 is 2.33 bits per heavy atom. The normalized spacial score (nSPS) is 14.3. The van der Waals surface area contributed by atoms with Crippen LogP contribution in [0.1, 0.15) is 11.7 Å². The highest BCUT2D eigenvalue weighted by molar-refractivity contribution is 5.95. The highest BCUT2D eigenvalue weighted by Gasteiger charge is 2.24. The Labute approximate surface area is 104 Å². The number of aliphatic hydroxyl groups excluding tert-OH is 2. The summed E-state index contributed by atoms with van der Waals surface area (Å²) in [6.07, 6.45) is -3.01. The van der Waals surface area contributed by atoms with Gasteiger partial charge in [-0.05, 0) is 17.0 Å². The summed E-state index contributed by atoms with van der Waals surface area (Å²) >= 11 is 0. The number of primary amides is 1. The van der Waals surface area contributed by atoms with E-state index in [-0.39, 0.29) is 0 Å². The van der Waals surface area contributed by atoms with E-state index < -0.39 is 18.1 Å². The lowest BCUT2D eigenvalue weighted by Gasteiger charge is -2.17. The fourth-order valence-corrected chi connectivity index (χ4v) is 1.94. The van der Waals surface area contributed by atoms with E-state index in [1.807, 2.05) is 0 Å². The number of aliphatic hydroxyl groups is 2. The fourth-order valence-electron chi connectivity index (χ4n) is 1.94. The lowest BCUT2D eigenvalue weighted by Crippen LogP contribution is -2.33. The van der Waals surface area contributed by atoms with Crippen molar-refractivity contribution in [3.8, 4) is 0 Å². The Bertz CT molecular complexity index is 598. The summed E-state index contributed by atoms with van der Waals surface area (Å²) in [4.78, 5) is 10.9. The molecule has 1 amide bonds. The van der Waals surface area contributed by atoms with Crippen molar-refractivity contribution in [2.45, 2.75) is 12.2 Å². The molecule has 0 bridgehead atoms. The number of benzene rings is 2. The van der Waals surface area contributed by atoms with Crippen molar-refractivity contribution in [1.29, 1.82) is 0 Å². The van der Waals surface area contributed by atoms with Crippen LogP contribution in [0.25, 0.3) is 10.8 Å². The van der Waals surface area contributed by atoms with E-state index in [0.29, 0.717) is 16.6 Å². The van der Waals surface area contributed by atoms with Crippen LogP contribution in [0.3, 0.4) is 0 Å². The van der Waals surface area contributed by atoms with Gasteiger partial charge in [0.15, 0.2) is 6.10 Å². The van der Waals surface area contributed by atoms with Gasteiger partial charge in [0, 0.05) is 11.1 Å². The molecule has 18 heavy (non-hydrogen) atoms. The zero-order valence-electron chi connectivity index (χ0n) is 9.58. The third-order valence-electron chi connectivity index (χ3n) is 2.90. The van der Waals surface area contributed by atoms with Gasteiger partial charge in [-0.2, -0.15) is 0 Å². The first kappa shape index (κ1) is 12.3. The van der Waals surface area contributed by atoms with Crippen molar-refractivity contribution in [1.82, 2.24) is 0 Å². The summed E-state index contributed by atoms with van der Waals surface area (Å²) in [6.45, 7) is 0. The minimum absolute atomic E-state index is 0.422. The molecule has 0 aliphatic heterocycles. The fraction of sp³-hybridized carbons (Fsp3) is 0.154. The molecule has 2 aromatic rings. The number of fused-ring (bicyclic) bond motifs is 1. The molecule has 6 N–H and O–H groups in total. The van der Waals surface area contributed by atoms with Gasteiger partial charge in [0.25, 0.3) is 0 Å². The van der Waals surface area contributed by atoms with E-state index in [2.05, 4.69) is 0 Å². The molecule has 2 rings (SSSR count). The molecule has 0 saturated carbocycles. The highest BCUT2D eigenvalue weighted by atomic mass is 16.3. The third kappa shape index (κ3) is 2.01. The van der Waals surface area contributed by atoms with Crippen LogP contribution in [0.4, 0.5) is 5.69 Å². The van der Waals surface area contributed by atoms with Crippen LogP contribution in [-0.4, -0.2) is 22.2 Å². The molecule has 0 aromatic heterocycles. The first-order valence-electron chi connectivity index (χ1n) is 5.45. The summed E-state index contributed by atoms with van der Waals surface area (Å²) in [7, 11) is 0. The van der Waals surface area contributed by atoms with Crippen molar-refractivity contribution in [3.05, 3.63) is 42.0 Å². The number of carbonyl (C=O) groups excluding carboxylic acids is 1. The zero-order valence-corrected chi connectivity index (χ0v) is 9.58. The standard InChI is InChI=1S/C13H14N2O3/c14-10-6-2-3-7-8(10)4-1-5-9(7)11(16)12(17)13(15)18/h1-6,11-12,16-17H,14H2,(H2,15,18). The Kier molecular flexibility index (Phi) is 3.18. The average Bonchev–Trinajstić information content (AvgIpc) is 2.37. The number of hydrogen-bond acceptors (Lipinski definition) is 4. The second-order valence-corrected chi connectivity index (χ2v) is 4.08. The Morgan fingerprint density at radius 2 is 1.67 bits per heavy atom. The maximum absolute atomic E-state index is 10.9. The molecule has 2 atom stereocenters. The molecule has 0 spiro atoms. The summed E-state index contributed by atoms with van der Waals surface area (Å²) in [5.41, 5.74) is 11.8. The van der Waals surface area contributed by atoms with E-state index >= 15 is 0 Å². The average molecular weight is 246 g/mol. The van der Waals surface area contributed by atoms with Crippen molar-refractivity contribution in [3.63, 3.8) is 0 Å². The monoisotopic (exact) mass is 246 g/mol. The number of nitrogen functional groups attached to an aromatic ring is 1. The zero-order chi connectivity index (χ0) is 13.3. The summed E-state index contributed by atoms with van der Waals surface area (Å²) in [6, 6.07) is 10.4. The van der Waals surface area contributed by atoms with Gasteiger partial charge in [0.05, 0.1) is 0 Å². The molecular formula is C13H14N2O3. The van der Waals surface area contributed by atoms with Crippen LogP contribution in [-0.2, 0) is 4.79 Å². The van der Waals surface area contributed by atoms with Crippen molar-refractivity contribution in [2.24, 2.45) is 5.73 Å². The van der Waals surface area contributed by atoms with Crippen molar-refractivity contribution < 1.29 is 15.0 Å². The Hall–Kier alpha value is -2.11. The quantitative estimate of drug-likeness (QED) is 0.584. The van der Waals surface area contributed by atoms with Gasteiger partial charge in [-0.25, -0.2) is 0 Å². The molecule has 0 radical (unpaired) electrons. The van der Waals surface area contributed by atoms with Gasteiger partial charge in [-0.15, -0.1) is 0 Å². The smallest absolute Gasteiger partial charge is 0.249 e. The molecule has 0 saturated heterocycles. The predicted octanol–water partition coefficient (Wildman–Crippen LogP) is 0.302. The molecule has 0 aliphatic carbocycles. The number of rotatable bonds is 3. The van der Waals surface area contributed by atoms with E-state index in [1.54, 1.807) is 36.4 Å². The van der Waals surface area contributed by atoms with Gasteiger partial charge in [-0.1, -0.05) is 30.3 Å². The van der Waals surface area contributed by atoms with Gasteiger partial charge in [0.1, 0.15) is 6.10 Å². The predicted molar refractivity (Wildman–Crippen MR) is 68.5 cm³/mol. The van der Waals surface area contributed by atoms with E-state index in [1.165, 1.54) is 0 Å². The van der Waals surface area contributed by atoms with Gasteiger partial charge in [-0.3, -0.25) is 4.79 Å². The number of anilines is 1. The molecule has 0 heterocycles. The van der Waals surface area contributed by atoms with E-state index in [4.69, 9.17) is 11.5 Å². The summed E-state index contributed by atoms with van der Waals surface area (Å²) in [5, 5.41) is 20.9. The molecule has 5 heteroatoms. The third-order valence-corrected chi connectivity index (χ3v) is 2.90. The first-order valence-corrected chi connectivity index (χ1v) is 5.45. The van der Waals surface area contributed by atoms with Crippen molar-refractivity contribution in [2.75, 3.05) is 5.73 Å². The lowest BCUT2D eigenvalue weighted by atomic mass is 9.96. The SMILES string of the molecule is NC(=O)C(O)C(O)c1cccc2c(N)cccc12. The lowest BCUT2D eigenvalue weighted by molar-refractivity contribution is -0.131. The molecule has 5 nitrogen and oxygen atoms in total. The van der Waals surface area contributed by atoms with Crippen LogP contribution < -0.4 is 11.5 Å². The molecule has 94 valence electrons. The number of nitrogens with two attached hydrogens (primary N) is 2. The van der Waals surface area contributed by atoms with E-state index in [9.17, 15) is 15.0 Å². The second-order valence-electron chi connectivity index (χ2n) is 4.08. The maximum atomic E-state index is 10.9. The van der Waals surface area contributed by atoms with Crippen molar-refractivity contribution >= 4 is 22.4 Å². The molecule has 2 unspecified atom stereocenters. The van der Waals surface area contributed by atoms with Gasteiger partial charge in [0.2, 0.25) is 5.91 Å². The Morgan fingerprint density at radius 1 is 1.06 bits per heavy atom. The number of carbonyl (C=O) groups is 1. The summed E-state index contributed by atoms with van der Waals surface area (Å²) < 4.78 is 0. The summed E-state index contributed by atoms with van der Waals surface area (Å²) in [5.74, 6) is -0.969. The van der Waals surface area contributed by atoms with Crippen LogP contribution >= 0.6 is 0 Å². The molecule has 0 aliphatic rings. The largest absolute Gasteiger partial charge is 0.398 e. The molecule has 2 aromatic carbocycles. The minimum atomic E-state index is -1.64. The van der Waals surface area contributed by atoms with Gasteiger partial charge >= 0.3 is 0 Å². The van der Waals surface area contributed by atoms with Crippen LogP contribution in [0, 0.1) is 0 Å². The first-order chi connectivity index (χ1) is 8.52. The van der Waals surface area contributed by atoms with E-state index in [0.717, 1.165) is 5.39 Å². The maximum Gasteiger partial charge on any atom is 0.249 e. The van der Waals surface area contributed by atoms with Crippen LogP contribution in [0.2, 0.25) is 0 Å². The van der Waals surface area contributed by atoms with Gasteiger partial charge < -0.3 is 21.7 Å². The molecular weight excluding hydrogens is 232 g/mol. The van der Waals surface area contributed by atoms with Crippen LogP contribution in [0.15, 0.2) is 36.4 Å². The number of hydrogen-bond donors (Lipinski definition) is 4. The molecule has 0 fully saturated rings. The minimum Gasteiger partial charge on any atom is -0.398 e. The number of amides is 1. The Balaban J connectivity index is 2.58. The second kappa shape index (κ2) is 4.64. The van der Waals surface area contributed by atoms with Crippen LogP contribution in [0.5, 0.6) is 0 Å².